The molecule has 0 saturated carbocycles. The zero-order chi connectivity index (χ0) is 13.0. The normalized spacial score (nSPS) is 10.8. The van der Waals surface area contributed by atoms with Crippen LogP contribution in [0.15, 0.2) is 41.5 Å². The van der Waals surface area contributed by atoms with E-state index in [0.29, 0.717) is 13.1 Å². The molecule has 1 heterocycles. The molecule has 2 N–H and O–H groups in total. The second kappa shape index (κ2) is 5.69. The first kappa shape index (κ1) is 12.6. The number of aryl methyl sites for hydroxylation is 1. The molecule has 0 radical (unpaired) electrons. The number of aromatic nitrogens is 2. The van der Waals surface area contributed by atoms with Crippen molar-refractivity contribution in [1.82, 2.24) is 9.13 Å². The first-order valence-electron chi connectivity index (χ1n) is 6.28. The molecule has 0 spiro atoms. The summed E-state index contributed by atoms with van der Waals surface area (Å²) in [5.41, 5.74) is 7.95. The van der Waals surface area contributed by atoms with Crippen molar-refractivity contribution in [2.45, 2.75) is 33.0 Å². The molecule has 2 rings (SSSR count). The van der Waals surface area contributed by atoms with E-state index < -0.39 is 0 Å². The van der Waals surface area contributed by atoms with Gasteiger partial charge in [-0.3, -0.25) is 9.13 Å². The minimum Gasteiger partial charge on any atom is -0.326 e. The first-order valence-corrected chi connectivity index (χ1v) is 6.28. The Kier molecular flexibility index (Phi) is 3.99. The average molecular weight is 245 g/mol. The quantitative estimate of drug-likeness (QED) is 0.869. The zero-order valence-corrected chi connectivity index (χ0v) is 10.7. The van der Waals surface area contributed by atoms with Crippen LogP contribution in [0.2, 0.25) is 0 Å². The molecular weight excluding hydrogens is 226 g/mol. The Hall–Kier alpha value is -1.81. The molecule has 1 aromatic heterocycles. The van der Waals surface area contributed by atoms with Crippen LogP contribution in [0.25, 0.3) is 0 Å². The molecule has 0 unspecified atom stereocenters. The van der Waals surface area contributed by atoms with E-state index in [1.807, 2.05) is 36.7 Å². The molecule has 0 bridgehead atoms. The molecule has 1 aromatic carbocycles. The SMILES string of the molecule is CCCn1ccn(Cc2ccccc2CN)c1=O. The fourth-order valence-corrected chi connectivity index (χ4v) is 2.08. The zero-order valence-electron chi connectivity index (χ0n) is 10.7. The minimum absolute atomic E-state index is 0.0451. The first-order chi connectivity index (χ1) is 8.76. The van der Waals surface area contributed by atoms with Crippen molar-refractivity contribution in [3.8, 4) is 0 Å². The lowest BCUT2D eigenvalue weighted by molar-refractivity contribution is 0.623. The van der Waals surface area contributed by atoms with Gasteiger partial charge in [-0.2, -0.15) is 0 Å². The number of nitrogens with zero attached hydrogens (tertiary/aromatic N) is 2. The summed E-state index contributed by atoms with van der Waals surface area (Å²) in [6.07, 6.45) is 4.64. The van der Waals surface area contributed by atoms with Gasteiger partial charge >= 0.3 is 5.69 Å². The van der Waals surface area contributed by atoms with Gasteiger partial charge in [-0.05, 0) is 17.5 Å². The molecule has 0 atom stereocenters. The maximum absolute atomic E-state index is 12.1. The lowest BCUT2D eigenvalue weighted by Gasteiger charge is -2.07. The van der Waals surface area contributed by atoms with Crippen LogP contribution in [0, 0.1) is 0 Å². The van der Waals surface area contributed by atoms with Crippen LogP contribution < -0.4 is 11.4 Å². The van der Waals surface area contributed by atoms with Crippen molar-refractivity contribution >= 4 is 0 Å². The largest absolute Gasteiger partial charge is 0.328 e. The summed E-state index contributed by atoms with van der Waals surface area (Å²) < 4.78 is 3.47. The molecule has 96 valence electrons. The third-order valence-electron chi connectivity index (χ3n) is 3.06. The fraction of sp³-hybridized carbons (Fsp3) is 0.357. The van der Waals surface area contributed by atoms with Gasteiger partial charge in [0, 0.05) is 25.5 Å². The molecule has 0 aliphatic carbocycles. The number of benzene rings is 1. The molecule has 18 heavy (non-hydrogen) atoms. The summed E-state index contributed by atoms with van der Waals surface area (Å²) in [6.45, 7) is 3.92. The van der Waals surface area contributed by atoms with Gasteiger partial charge in [0.25, 0.3) is 0 Å². The van der Waals surface area contributed by atoms with Gasteiger partial charge in [-0.15, -0.1) is 0 Å². The van der Waals surface area contributed by atoms with Crippen molar-refractivity contribution in [2.24, 2.45) is 5.73 Å². The van der Waals surface area contributed by atoms with Crippen LogP contribution in [0.3, 0.4) is 0 Å². The molecule has 4 nitrogen and oxygen atoms in total. The van der Waals surface area contributed by atoms with Gasteiger partial charge in [0.15, 0.2) is 0 Å². The molecule has 0 saturated heterocycles. The van der Waals surface area contributed by atoms with Crippen LogP contribution in [0.1, 0.15) is 24.5 Å². The summed E-state index contributed by atoms with van der Waals surface area (Å²) in [6, 6.07) is 7.97. The van der Waals surface area contributed by atoms with E-state index in [9.17, 15) is 4.79 Å². The third-order valence-corrected chi connectivity index (χ3v) is 3.06. The summed E-state index contributed by atoms with van der Waals surface area (Å²) in [7, 11) is 0. The van der Waals surface area contributed by atoms with Crippen molar-refractivity contribution in [2.75, 3.05) is 0 Å². The monoisotopic (exact) mass is 245 g/mol. The highest BCUT2D eigenvalue weighted by Crippen LogP contribution is 2.09. The van der Waals surface area contributed by atoms with Gasteiger partial charge in [0.2, 0.25) is 0 Å². The summed E-state index contributed by atoms with van der Waals surface area (Å²) >= 11 is 0. The second-order valence-corrected chi connectivity index (χ2v) is 4.37. The predicted octanol–water partition coefficient (Wildman–Crippen LogP) is 1.57. The predicted molar refractivity (Wildman–Crippen MR) is 72.4 cm³/mol. The number of imidazole rings is 1. The maximum atomic E-state index is 12.1. The highest BCUT2D eigenvalue weighted by molar-refractivity contribution is 5.27. The Balaban J connectivity index is 2.26. The van der Waals surface area contributed by atoms with Gasteiger partial charge in [-0.25, -0.2) is 4.79 Å². The summed E-state index contributed by atoms with van der Waals surface area (Å²) in [5.74, 6) is 0. The molecular formula is C14H19N3O. The Morgan fingerprint density at radius 1 is 1.11 bits per heavy atom. The minimum atomic E-state index is 0.0451. The van der Waals surface area contributed by atoms with E-state index >= 15 is 0 Å². The van der Waals surface area contributed by atoms with E-state index in [4.69, 9.17) is 5.73 Å². The summed E-state index contributed by atoms with van der Waals surface area (Å²) in [4.78, 5) is 12.1. The van der Waals surface area contributed by atoms with Crippen LogP contribution in [-0.2, 0) is 19.6 Å². The number of hydrogen-bond donors (Lipinski definition) is 1. The van der Waals surface area contributed by atoms with Crippen LogP contribution >= 0.6 is 0 Å². The van der Waals surface area contributed by atoms with E-state index in [1.165, 1.54) is 0 Å². The van der Waals surface area contributed by atoms with Crippen LogP contribution in [0.4, 0.5) is 0 Å². The Morgan fingerprint density at radius 2 is 1.78 bits per heavy atom. The molecule has 0 fully saturated rings. The molecule has 0 aliphatic heterocycles. The Morgan fingerprint density at radius 3 is 2.44 bits per heavy atom. The average Bonchev–Trinajstić information content (AvgIpc) is 2.73. The molecule has 4 heteroatoms. The lowest BCUT2D eigenvalue weighted by atomic mass is 10.1. The standard InChI is InChI=1S/C14H19N3O/c1-2-7-16-8-9-17(14(16)18)11-13-6-4-3-5-12(13)10-15/h3-6,8-9H,2,7,10-11,15H2,1H3. The number of nitrogens with two attached hydrogens (primary N) is 1. The fourth-order valence-electron chi connectivity index (χ4n) is 2.08. The van der Waals surface area contributed by atoms with Gasteiger partial charge in [0.1, 0.15) is 0 Å². The molecule has 2 aromatic rings. The van der Waals surface area contributed by atoms with Gasteiger partial charge < -0.3 is 5.73 Å². The lowest BCUT2D eigenvalue weighted by Crippen LogP contribution is -2.24. The van der Waals surface area contributed by atoms with Crippen molar-refractivity contribution < 1.29 is 0 Å². The van der Waals surface area contributed by atoms with Gasteiger partial charge in [-0.1, -0.05) is 31.2 Å². The highest BCUT2D eigenvalue weighted by Gasteiger charge is 2.05. The van der Waals surface area contributed by atoms with E-state index in [-0.39, 0.29) is 5.69 Å². The van der Waals surface area contributed by atoms with Crippen molar-refractivity contribution in [3.63, 3.8) is 0 Å². The van der Waals surface area contributed by atoms with E-state index in [0.717, 1.165) is 24.1 Å². The number of rotatable bonds is 5. The molecule has 0 amide bonds. The third kappa shape index (κ3) is 2.54. The van der Waals surface area contributed by atoms with Crippen molar-refractivity contribution in [3.05, 3.63) is 58.3 Å². The van der Waals surface area contributed by atoms with Gasteiger partial charge in [0.05, 0.1) is 6.54 Å². The smallest absolute Gasteiger partial charge is 0.326 e. The second-order valence-electron chi connectivity index (χ2n) is 4.37. The summed E-state index contributed by atoms with van der Waals surface area (Å²) in [5, 5.41) is 0. The topological polar surface area (TPSA) is 52.9 Å². The van der Waals surface area contributed by atoms with E-state index in [1.54, 1.807) is 9.13 Å². The van der Waals surface area contributed by atoms with Crippen LogP contribution in [0.5, 0.6) is 0 Å². The Labute approximate surface area is 107 Å². The van der Waals surface area contributed by atoms with E-state index in [2.05, 4.69) is 6.92 Å². The van der Waals surface area contributed by atoms with Crippen LogP contribution in [-0.4, -0.2) is 9.13 Å². The maximum Gasteiger partial charge on any atom is 0.328 e. The van der Waals surface area contributed by atoms with Crippen molar-refractivity contribution in [1.29, 1.82) is 0 Å². The number of hydrogen-bond acceptors (Lipinski definition) is 2. The molecule has 0 aliphatic rings. The highest BCUT2D eigenvalue weighted by atomic mass is 16.1. The Bertz CT molecular complexity index is 568.